The molecule has 1 atom stereocenters. The van der Waals surface area contributed by atoms with Crippen LogP contribution in [-0.2, 0) is 6.42 Å². The van der Waals surface area contributed by atoms with E-state index in [2.05, 4.69) is 33.0 Å². The quantitative estimate of drug-likeness (QED) is 0.492. The molecule has 1 unspecified atom stereocenters. The summed E-state index contributed by atoms with van der Waals surface area (Å²) in [5, 5.41) is 0.723. The molecular weight excluding hydrogens is 361 g/mol. The average Bonchev–Trinajstić information content (AvgIpc) is 2.40. The van der Waals surface area contributed by atoms with Gasteiger partial charge in [0.2, 0.25) is 0 Å². The topological polar surface area (TPSA) is 50.9 Å². The second-order valence-corrected chi connectivity index (χ2v) is 5.54. The smallest absolute Gasteiger partial charge is 0.0511 e. The molecule has 3 N–H and O–H groups in total. The molecule has 0 radical (unpaired) electrons. The summed E-state index contributed by atoms with van der Waals surface area (Å²) in [6.45, 7) is 0. The molecule has 5 heteroatoms. The van der Waals surface area contributed by atoms with Crippen LogP contribution >= 0.6 is 34.2 Å². The van der Waals surface area contributed by atoms with Crippen LogP contribution in [0, 0.1) is 3.57 Å². The fourth-order valence-corrected chi connectivity index (χ4v) is 2.69. The molecule has 1 aromatic carbocycles. The number of pyridine rings is 1. The van der Waals surface area contributed by atoms with E-state index in [0.29, 0.717) is 0 Å². The van der Waals surface area contributed by atoms with Gasteiger partial charge in [-0.05, 0) is 70.5 Å². The number of nitrogens with two attached hydrogens (primary N) is 1. The van der Waals surface area contributed by atoms with Gasteiger partial charge in [0.1, 0.15) is 0 Å². The Morgan fingerprint density at radius 1 is 1.28 bits per heavy atom. The number of nitrogens with one attached hydrogen (secondary N) is 1. The first-order valence-electron chi connectivity index (χ1n) is 5.50. The lowest BCUT2D eigenvalue weighted by Crippen LogP contribution is -2.30. The number of hydrogen-bond acceptors (Lipinski definition) is 3. The molecule has 1 heterocycles. The molecule has 0 aliphatic rings. The molecule has 3 nitrogen and oxygen atoms in total. The maximum absolute atomic E-state index is 6.04. The molecule has 0 bridgehead atoms. The number of rotatable bonds is 4. The van der Waals surface area contributed by atoms with Crippen molar-refractivity contribution in [1.82, 2.24) is 10.4 Å². The van der Waals surface area contributed by atoms with E-state index < -0.39 is 0 Å². The Morgan fingerprint density at radius 2 is 2.00 bits per heavy atom. The summed E-state index contributed by atoms with van der Waals surface area (Å²) in [5.74, 6) is 5.66. The maximum atomic E-state index is 6.04. The van der Waals surface area contributed by atoms with Gasteiger partial charge in [0.05, 0.1) is 6.04 Å². The summed E-state index contributed by atoms with van der Waals surface area (Å²) in [7, 11) is 0. The van der Waals surface area contributed by atoms with Crippen molar-refractivity contribution in [1.29, 1.82) is 0 Å². The average molecular weight is 374 g/mol. The maximum Gasteiger partial charge on any atom is 0.0511 e. The van der Waals surface area contributed by atoms with E-state index in [9.17, 15) is 0 Å². The molecule has 0 saturated carbocycles. The van der Waals surface area contributed by atoms with Crippen molar-refractivity contribution in [2.45, 2.75) is 12.5 Å². The first kappa shape index (κ1) is 13.7. The third kappa shape index (κ3) is 3.41. The van der Waals surface area contributed by atoms with Gasteiger partial charge >= 0.3 is 0 Å². The lowest BCUT2D eigenvalue weighted by Gasteiger charge is -2.18. The van der Waals surface area contributed by atoms with Gasteiger partial charge in [-0.1, -0.05) is 11.6 Å². The van der Waals surface area contributed by atoms with Gasteiger partial charge in [-0.2, -0.15) is 0 Å². The Morgan fingerprint density at radius 3 is 2.67 bits per heavy atom. The minimum Gasteiger partial charge on any atom is -0.271 e. The van der Waals surface area contributed by atoms with Crippen LogP contribution in [0.4, 0.5) is 0 Å². The predicted molar refractivity (Wildman–Crippen MR) is 82.2 cm³/mol. The van der Waals surface area contributed by atoms with Crippen molar-refractivity contribution in [3.8, 4) is 0 Å². The van der Waals surface area contributed by atoms with E-state index in [1.165, 1.54) is 5.56 Å². The van der Waals surface area contributed by atoms with Gasteiger partial charge < -0.3 is 0 Å². The minimum absolute atomic E-state index is 0.0398. The highest BCUT2D eigenvalue weighted by Crippen LogP contribution is 2.25. The zero-order valence-electron chi connectivity index (χ0n) is 9.61. The summed E-state index contributed by atoms with van der Waals surface area (Å²) in [4.78, 5) is 4.01. The molecular formula is C13H13ClIN3. The summed E-state index contributed by atoms with van der Waals surface area (Å²) < 4.78 is 1.15. The van der Waals surface area contributed by atoms with E-state index in [0.717, 1.165) is 20.6 Å². The summed E-state index contributed by atoms with van der Waals surface area (Å²) in [6.07, 6.45) is 4.37. The summed E-state index contributed by atoms with van der Waals surface area (Å²) in [6, 6.07) is 9.85. The second-order valence-electron chi connectivity index (χ2n) is 3.94. The lowest BCUT2D eigenvalue weighted by atomic mass is 10.0. The Bertz CT molecular complexity index is 519. The van der Waals surface area contributed by atoms with Crippen molar-refractivity contribution >= 4 is 34.2 Å². The van der Waals surface area contributed by atoms with Gasteiger partial charge in [0.25, 0.3) is 0 Å². The van der Waals surface area contributed by atoms with Gasteiger partial charge in [0.15, 0.2) is 0 Å². The second kappa shape index (κ2) is 6.47. The fourth-order valence-electron chi connectivity index (χ4n) is 1.79. The van der Waals surface area contributed by atoms with Crippen molar-refractivity contribution in [2.75, 3.05) is 0 Å². The van der Waals surface area contributed by atoms with E-state index >= 15 is 0 Å². The van der Waals surface area contributed by atoms with E-state index in [1.54, 1.807) is 12.4 Å². The van der Waals surface area contributed by atoms with E-state index in [4.69, 9.17) is 17.4 Å². The first-order valence-corrected chi connectivity index (χ1v) is 6.96. The standard InChI is InChI=1S/C13H13ClIN3/c14-10-1-2-12(15)11(8-10)13(18-16)7-9-3-5-17-6-4-9/h1-6,8,13,18H,7,16H2. The monoisotopic (exact) mass is 373 g/mol. The Kier molecular flexibility index (Phi) is 4.94. The van der Waals surface area contributed by atoms with Gasteiger partial charge in [-0.25, -0.2) is 0 Å². The van der Waals surface area contributed by atoms with Gasteiger partial charge in [-0.15, -0.1) is 0 Å². The number of nitrogens with zero attached hydrogens (tertiary/aromatic N) is 1. The van der Waals surface area contributed by atoms with E-state index in [-0.39, 0.29) is 6.04 Å². The number of halogens is 2. The third-order valence-electron chi connectivity index (χ3n) is 2.72. The van der Waals surface area contributed by atoms with Crippen LogP contribution in [0.1, 0.15) is 17.2 Å². The highest BCUT2D eigenvalue weighted by Gasteiger charge is 2.14. The molecule has 0 spiro atoms. The largest absolute Gasteiger partial charge is 0.271 e. The SMILES string of the molecule is NNC(Cc1ccncc1)c1cc(Cl)ccc1I. The lowest BCUT2D eigenvalue weighted by molar-refractivity contribution is 0.549. The minimum atomic E-state index is 0.0398. The Labute approximate surface area is 125 Å². The van der Waals surface area contributed by atoms with Crippen LogP contribution in [0.25, 0.3) is 0 Å². The highest BCUT2D eigenvalue weighted by molar-refractivity contribution is 14.1. The molecule has 2 rings (SSSR count). The molecule has 0 amide bonds. The van der Waals surface area contributed by atoms with Gasteiger partial charge in [-0.3, -0.25) is 16.3 Å². The number of aromatic nitrogens is 1. The first-order chi connectivity index (χ1) is 8.70. The molecule has 0 fully saturated rings. The zero-order valence-corrected chi connectivity index (χ0v) is 12.5. The molecule has 0 saturated heterocycles. The van der Waals surface area contributed by atoms with Crippen LogP contribution in [-0.4, -0.2) is 4.98 Å². The van der Waals surface area contributed by atoms with Crippen LogP contribution in [0.3, 0.4) is 0 Å². The summed E-state index contributed by atoms with van der Waals surface area (Å²) in [5.41, 5.74) is 5.15. The van der Waals surface area contributed by atoms with Crippen LogP contribution in [0.5, 0.6) is 0 Å². The van der Waals surface area contributed by atoms with Crippen LogP contribution in [0.2, 0.25) is 5.02 Å². The Balaban J connectivity index is 2.26. The van der Waals surface area contributed by atoms with Crippen molar-refractivity contribution in [3.63, 3.8) is 0 Å². The number of hydrazine groups is 1. The predicted octanol–water partition coefficient (Wildman–Crippen LogP) is 3.09. The number of benzene rings is 1. The molecule has 0 aliphatic heterocycles. The van der Waals surface area contributed by atoms with Crippen molar-refractivity contribution in [3.05, 3.63) is 62.4 Å². The Hall–Kier alpha value is -0.690. The van der Waals surface area contributed by atoms with Crippen molar-refractivity contribution in [2.24, 2.45) is 5.84 Å². The number of hydrogen-bond donors (Lipinski definition) is 2. The fraction of sp³-hybridized carbons (Fsp3) is 0.154. The molecule has 0 aliphatic carbocycles. The molecule has 18 heavy (non-hydrogen) atoms. The van der Waals surface area contributed by atoms with Crippen LogP contribution < -0.4 is 11.3 Å². The molecule has 2 aromatic rings. The third-order valence-corrected chi connectivity index (χ3v) is 3.94. The van der Waals surface area contributed by atoms with Gasteiger partial charge in [0, 0.05) is 21.0 Å². The summed E-state index contributed by atoms with van der Waals surface area (Å²) >= 11 is 8.33. The zero-order chi connectivity index (χ0) is 13.0. The highest BCUT2D eigenvalue weighted by atomic mass is 127. The van der Waals surface area contributed by atoms with Crippen LogP contribution in [0.15, 0.2) is 42.7 Å². The van der Waals surface area contributed by atoms with Crippen molar-refractivity contribution < 1.29 is 0 Å². The normalized spacial score (nSPS) is 12.4. The molecule has 94 valence electrons. The molecule has 1 aromatic heterocycles. The van der Waals surface area contributed by atoms with E-state index in [1.807, 2.05) is 30.3 Å².